The number of nitrogens with two attached hydrogens (primary N) is 1. The van der Waals surface area contributed by atoms with Crippen LogP contribution in [0.5, 0.6) is 0 Å². The summed E-state index contributed by atoms with van der Waals surface area (Å²) < 4.78 is 3.36. The average molecular weight is 342 g/mol. The monoisotopic (exact) mass is 342 g/mol. The molecule has 0 aliphatic carbocycles. The van der Waals surface area contributed by atoms with Crippen LogP contribution < -0.4 is 11.3 Å². The van der Waals surface area contributed by atoms with Crippen LogP contribution in [-0.4, -0.2) is 42.6 Å². The van der Waals surface area contributed by atoms with E-state index in [2.05, 4.69) is 10.2 Å². The lowest BCUT2D eigenvalue weighted by molar-refractivity contribution is -0.119. The molecule has 0 bridgehead atoms. The highest BCUT2D eigenvalue weighted by atomic mass is 16.1. The van der Waals surface area contributed by atoms with Gasteiger partial charge in [-0.05, 0) is 32.9 Å². The first kappa shape index (κ1) is 17.1. The minimum Gasteiger partial charge on any atom is -0.369 e. The van der Waals surface area contributed by atoms with Gasteiger partial charge in [0.2, 0.25) is 11.7 Å². The summed E-state index contributed by atoms with van der Waals surface area (Å²) in [6, 6.07) is 5.83. The maximum absolute atomic E-state index is 12.6. The smallest absolute Gasteiger partial charge is 0.262 e. The second kappa shape index (κ2) is 6.29. The van der Waals surface area contributed by atoms with Gasteiger partial charge in [0.25, 0.3) is 5.56 Å². The van der Waals surface area contributed by atoms with Gasteiger partial charge in [-0.2, -0.15) is 0 Å². The number of fused-ring (bicyclic) bond motifs is 3. The van der Waals surface area contributed by atoms with Gasteiger partial charge in [-0.25, -0.2) is 0 Å². The number of aryl methyl sites for hydroxylation is 2. The number of amides is 1. The number of aromatic nitrogens is 4. The molecule has 3 aromatic rings. The number of nitrogens with zero attached hydrogens (tertiary/aromatic N) is 5. The Morgan fingerprint density at radius 3 is 2.68 bits per heavy atom. The zero-order chi connectivity index (χ0) is 18.3. The number of benzene rings is 1. The van der Waals surface area contributed by atoms with Crippen molar-refractivity contribution >= 4 is 22.6 Å². The van der Waals surface area contributed by atoms with E-state index in [9.17, 15) is 9.59 Å². The highest BCUT2D eigenvalue weighted by Crippen LogP contribution is 2.17. The van der Waals surface area contributed by atoms with Crippen LogP contribution in [0.4, 0.5) is 0 Å². The van der Waals surface area contributed by atoms with Crippen LogP contribution in [0.2, 0.25) is 0 Å². The van der Waals surface area contributed by atoms with Crippen LogP contribution in [0.25, 0.3) is 16.7 Å². The number of carbonyl (C=O) groups excluding carboxylic acids is 1. The molecule has 1 aromatic carbocycles. The Hall–Kier alpha value is -2.74. The second-order valence-electron chi connectivity index (χ2n) is 6.60. The first-order valence-electron chi connectivity index (χ1n) is 8.15. The van der Waals surface area contributed by atoms with Crippen molar-refractivity contribution in [2.45, 2.75) is 33.4 Å². The van der Waals surface area contributed by atoms with Gasteiger partial charge in [0.05, 0.1) is 24.0 Å². The van der Waals surface area contributed by atoms with Crippen molar-refractivity contribution < 1.29 is 4.79 Å². The normalized spacial score (nSPS) is 11.9. The van der Waals surface area contributed by atoms with Gasteiger partial charge in [-0.3, -0.25) is 23.5 Å². The van der Waals surface area contributed by atoms with Crippen molar-refractivity contribution in [1.82, 2.24) is 24.1 Å². The zero-order valence-corrected chi connectivity index (χ0v) is 14.9. The summed E-state index contributed by atoms with van der Waals surface area (Å²) in [5.41, 5.74) is 7.01. The molecule has 3 rings (SSSR count). The lowest BCUT2D eigenvalue weighted by Gasteiger charge is -2.24. The van der Waals surface area contributed by atoms with Crippen LogP contribution in [0, 0.1) is 6.92 Å². The Balaban J connectivity index is 2.22. The SMILES string of the molecule is Cc1ccc2c(c1)c(=O)n(C)c1nnc(CN(CC(N)=O)C(C)C)n21. The average Bonchev–Trinajstić information content (AvgIpc) is 2.95. The van der Waals surface area contributed by atoms with Crippen molar-refractivity contribution in [2.24, 2.45) is 12.8 Å². The van der Waals surface area contributed by atoms with Crippen molar-refractivity contribution in [3.63, 3.8) is 0 Å². The van der Waals surface area contributed by atoms with Crippen molar-refractivity contribution in [3.8, 4) is 0 Å². The number of hydrogen-bond acceptors (Lipinski definition) is 5. The minimum absolute atomic E-state index is 0.108. The Kier molecular flexibility index (Phi) is 4.30. The molecule has 0 saturated carbocycles. The fraction of sp³-hybridized carbons (Fsp3) is 0.412. The molecule has 2 aromatic heterocycles. The molecule has 8 heteroatoms. The van der Waals surface area contributed by atoms with E-state index >= 15 is 0 Å². The molecule has 0 aliphatic heterocycles. The summed E-state index contributed by atoms with van der Waals surface area (Å²) in [6.07, 6.45) is 0. The van der Waals surface area contributed by atoms with Gasteiger partial charge in [-0.15, -0.1) is 10.2 Å². The van der Waals surface area contributed by atoms with Gasteiger partial charge in [0.1, 0.15) is 0 Å². The quantitative estimate of drug-likeness (QED) is 0.731. The Morgan fingerprint density at radius 2 is 2.04 bits per heavy atom. The summed E-state index contributed by atoms with van der Waals surface area (Å²) >= 11 is 0. The van der Waals surface area contributed by atoms with Gasteiger partial charge < -0.3 is 5.73 Å². The molecule has 2 heterocycles. The number of hydrogen-bond donors (Lipinski definition) is 1. The van der Waals surface area contributed by atoms with E-state index in [0.717, 1.165) is 11.1 Å². The first-order chi connectivity index (χ1) is 11.8. The van der Waals surface area contributed by atoms with Gasteiger partial charge in [-0.1, -0.05) is 11.6 Å². The fourth-order valence-corrected chi connectivity index (χ4v) is 2.96. The Labute approximate surface area is 144 Å². The third-order valence-corrected chi connectivity index (χ3v) is 4.37. The van der Waals surface area contributed by atoms with Gasteiger partial charge >= 0.3 is 0 Å². The molecule has 25 heavy (non-hydrogen) atoms. The van der Waals surface area contributed by atoms with Crippen LogP contribution >= 0.6 is 0 Å². The molecule has 0 spiro atoms. The van der Waals surface area contributed by atoms with E-state index in [1.165, 1.54) is 4.57 Å². The number of primary amides is 1. The van der Waals surface area contributed by atoms with Crippen molar-refractivity contribution in [2.75, 3.05) is 6.54 Å². The molecule has 0 saturated heterocycles. The second-order valence-corrected chi connectivity index (χ2v) is 6.60. The molecule has 8 nitrogen and oxygen atoms in total. The lowest BCUT2D eigenvalue weighted by atomic mass is 10.1. The van der Waals surface area contributed by atoms with E-state index < -0.39 is 5.91 Å². The number of rotatable bonds is 5. The van der Waals surface area contributed by atoms with Crippen LogP contribution in [0.3, 0.4) is 0 Å². The minimum atomic E-state index is -0.393. The molecule has 132 valence electrons. The van der Waals surface area contributed by atoms with Crippen LogP contribution in [-0.2, 0) is 18.4 Å². The molecular formula is C17H22N6O2. The fourth-order valence-electron chi connectivity index (χ4n) is 2.96. The predicted molar refractivity (Wildman–Crippen MR) is 95.2 cm³/mol. The van der Waals surface area contributed by atoms with E-state index in [1.54, 1.807) is 7.05 Å². The summed E-state index contributed by atoms with van der Waals surface area (Å²) in [5, 5.41) is 9.05. The number of carbonyl (C=O) groups is 1. The maximum atomic E-state index is 12.6. The predicted octanol–water partition coefficient (Wildman–Crippen LogP) is 0.585. The van der Waals surface area contributed by atoms with Gasteiger partial charge in [0, 0.05) is 13.1 Å². The molecule has 1 amide bonds. The summed E-state index contributed by atoms with van der Waals surface area (Å²) in [6.45, 7) is 6.47. The van der Waals surface area contributed by atoms with E-state index in [0.29, 0.717) is 23.5 Å². The van der Waals surface area contributed by atoms with Crippen LogP contribution in [0.15, 0.2) is 23.0 Å². The Morgan fingerprint density at radius 1 is 1.32 bits per heavy atom. The molecule has 2 N–H and O–H groups in total. The topological polar surface area (TPSA) is 98.5 Å². The standard InChI is InChI=1S/C17H22N6O2/c1-10(2)22(8-14(18)24)9-15-19-20-17-21(4)16(25)12-7-11(3)5-6-13(12)23(15)17/h5-7,10H,8-9H2,1-4H3,(H2,18,24). The Bertz CT molecular complexity index is 1020. The van der Waals surface area contributed by atoms with Gasteiger partial charge in [0.15, 0.2) is 5.82 Å². The van der Waals surface area contributed by atoms with Crippen LogP contribution in [0.1, 0.15) is 25.2 Å². The highest BCUT2D eigenvalue weighted by molar-refractivity contribution is 5.81. The molecule has 0 aliphatic rings. The maximum Gasteiger partial charge on any atom is 0.262 e. The molecular weight excluding hydrogens is 320 g/mol. The van der Waals surface area contributed by atoms with E-state index in [4.69, 9.17) is 5.73 Å². The lowest BCUT2D eigenvalue weighted by Crippen LogP contribution is -2.38. The van der Waals surface area contributed by atoms with E-state index in [-0.39, 0.29) is 18.1 Å². The summed E-state index contributed by atoms with van der Waals surface area (Å²) in [4.78, 5) is 25.9. The summed E-state index contributed by atoms with van der Waals surface area (Å²) in [5.74, 6) is 0.740. The largest absolute Gasteiger partial charge is 0.369 e. The molecule has 0 fully saturated rings. The third-order valence-electron chi connectivity index (χ3n) is 4.37. The highest BCUT2D eigenvalue weighted by Gasteiger charge is 2.19. The summed E-state index contributed by atoms with van der Waals surface area (Å²) in [7, 11) is 1.68. The molecule has 0 atom stereocenters. The van der Waals surface area contributed by atoms with Crippen molar-refractivity contribution in [3.05, 3.63) is 39.9 Å². The zero-order valence-electron chi connectivity index (χ0n) is 14.9. The third kappa shape index (κ3) is 3.00. The van der Waals surface area contributed by atoms with Crippen molar-refractivity contribution in [1.29, 1.82) is 0 Å². The van der Waals surface area contributed by atoms with E-state index in [1.807, 2.05) is 48.3 Å². The molecule has 0 unspecified atom stereocenters. The molecule has 0 radical (unpaired) electrons. The first-order valence-corrected chi connectivity index (χ1v) is 8.15.